The van der Waals surface area contributed by atoms with E-state index in [0.29, 0.717) is 31.6 Å². The van der Waals surface area contributed by atoms with E-state index in [2.05, 4.69) is 19.2 Å². The average molecular weight is 317 g/mol. The summed E-state index contributed by atoms with van der Waals surface area (Å²) in [5.74, 6) is 0.593. The molecule has 0 amide bonds. The highest BCUT2D eigenvalue weighted by Crippen LogP contribution is 2.27. The van der Waals surface area contributed by atoms with Crippen LogP contribution in [0.15, 0.2) is 0 Å². The molecule has 2 aliphatic heterocycles. The van der Waals surface area contributed by atoms with Crippen LogP contribution in [0.5, 0.6) is 0 Å². The summed E-state index contributed by atoms with van der Waals surface area (Å²) in [5.41, 5.74) is 0. The zero-order valence-corrected chi connectivity index (χ0v) is 14.5. The van der Waals surface area contributed by atoms with Crippen LogP contribution in [-0.2, 0) is 10.2 Å². The minimum Gasteiger partial charge on any atom is -0.314 e. The van der Waals surface area contributed by atoms with Crippen molar-refractivity contribution in [3.63, 3.8) is 0 Å². The van der Waals surface area contributed by atoms with Crippen LogP contribution in [0.25, 0.3) is 0 Å². The van der Waals surface area contributed by atoms with Gasteiger partial charge in [-0.25, -0.2) is 0 Å². The predicted molar refractivity (Wildman–Crippen MR) is 86.4 cm³/mol. The fraction of sp³-hybridized carbons (Fsp3) is 1.00. The van der Waals surface area contributed by atoms with Gasteiger partial charge in [-0.2, -0.15) is 17.0 Å². The van der Waals surface area contributed by atoms with Crippen LogP contribution in [0.3, 0.4) is 0 Å². The number of nitrogens with one attached hydrogen (secondary N) is 1. The second-order valence-electron chi connectivity index (χ2n) is 6.55. The molecule has 2 rings (SSSR count). The van der Waals surface area contributed by atoms with Crippen LogP contribution in [-0.4, -0.2) is 55.3 Å². The van der Waals surface area contributed by atoms with Crippen molar-refractivity contribution < 1.29 is 8.42 Å². The summed E-state index contributed by atoms with van der Waals surface area (Å²) >= 11 is 0. The van der Waals surface area contributed by atoms with E-state index >= 15 is 0 Å². The Labute approximate surface area is 130 Å². The lowest BCUT2D eigenvalue weighted by atomic mass is 9.91. The fourth-order valence-electron chi connectivity index (χ4n) is 3.66. The van der Waals surface area contributed by atoms with Gasteiger partial charge in [0, 0.05) is 31.7 Å². The number of hydrogen-bond donors (Lipinski definition) is 1. The SMILES string of the molecule is CCNC(C)C1CCN(S(=O)(=O)N2CCCCC2C)CC1. The molecule has 2 saturated heterocycles. The molecule has 0 radical (unpaired) electrons. The summed E-state index contributed by atoms with van der Waals surface area (Å²) in [6.45, 7) is 9.38. The van der Waals surface area contributed by atoms with Gasteiger partial charge in [-0.3, -0.25) is 0 Å². The summed E-state index contributed by atoms with van der Waals surface area (Å²) in [6.07, 6.45) is 5.07. The summed E-state index contributed by atoms with van der Waals surface area (Å²) < 4.78 is 29.0. The maximum atomic E-state index is 12.8. The fourth-order valence-corrected chi connectivity index (χ4v) is 5.55. The van der Waals surface area contributed by atoms with Crippen molar-refractivity contribution in [3.8, 4) is 0 Å². The molecule has 0 aromatic carbocycles. The molecule has 2 atom stereocenters. The Hall–Kier alpha value is -0.170. The Balaban J connectivity index is 1.94. The maximum absolute atomic E-state index is 12.8. The van der Waals surface area contributed by atoms with Gasteiger partial charge in [0.25, 0.3) is 10.2 Å². The van der Waals surface area contributed by atoms with Crippen LogP contribution < -0.4 is 5.32 Å². The minimum atomic E-state index is -3.25. The molecule has 2 heterocycles. The number of piperidine rings is 2. The first-order chi connectivity index (χ1) is 9.96. The van der Waals surface area contributed by atoms with Gasteiger partial charge in [0.05, 0.1) is 0 Å². The predicted octanol–water partition coefficient (Wildman–Crippen LogP) is 1.82. The number of rotatable bonds is 5. The highest BCUT2D eigenvalue weighted by atomic mass is 32.2. The van der Waals surface area contributed by atoms with E-state index in [4.69, 9.17) is 0 Å². The Morgan fingerprint density at radius 2 is 1.81 bits per heavy atom. The molecular weight excluding hydrogens is 286 g/mol. The van der Waals surface area contributed by atoms with Crippen molar-refractivity contribution >= 4 is 10.2 Å². The second kappa shape index (κ2) is 7.40. The van der Waals surface area contributed by atoms with E-state index < -0.39 is 10.2 Å². The monoisotopic (exact) mass is 317 g/mol. The van der Waals surface area contributed by atoms with Crippen molar-refractivity contribution in [3.05, 3.63) is 0 Å². The third-order valence-electron chi connectivity index (χ3n) is 5.10. The third kappa shape index (κ3) is 3.97. The summed E-state index contributed by atoms with van der Waals surface area (Å²) in [5, 5.41) is 3.46. The van der Waals surface area contributed by atoms with E-state index in [0.717, 1.165) is 38.6 Å². The lowest BCUT2D eigenvalue weighted by Gasteiger charge is -2.40. The standard InChI is InChI=1S/C15H31N3O2S/c1-4-16-14(3)15-8-11-17(12-9-15)21(19,20)18-10-6-5-7-13(18)2/h13-16H,4-12H2,1-3H3. The van der Waals surface area contributed by atoms with Crippen molar-refractivity contribution in [2.75, 3.05) is 26.2 Å². The van der Waals surface area contributed by atoms with Crippen LogP contribution in [0.4, 0.5) is 0 Å². The van der Waals surface area contributed by atoms with Crippen LogP contribution in [0.2, 0.25) is 0 Å². The Bertz CT molecular complexity index is 419. The van der Waals surface area contributed by atoms with Gasteiger partial charge >= 0.3 is 0 Å². The molecule has 0 bridgehead atoms. The largest absolute Gasteiger partial charge is 0.314 e. The minimum absolute atomic E-state index is 0.155. The van der Waals surface area contributed by atoms with Gasteiger partial charge in [0.1, 0.15) is 0 Å². The van der Waals surface area contributed by atoms with Gasteiger partial charge in [0.2, 0.25) is 0 Å². The Morgan fingerprint density at radius 3 is 2.38 bits per heavy atom. The van der Waals surface area contributed by atoms with E-state index in [9.17, 15) is 8.42 Å². The molecule has 2 aliphatic rings. The summed E-state index contributed by atoms with van der Waals surface area (Å²) in [7, 11) is -3.25. The summed E-state index contributed by atoms with van der Waals surface area (Å²) in [4.78, 5) is 0. The first-order valence-electron chi connectivity index (χ1n) is 8.47. The van der Waals surface area contributed by atoms with E-state index in [1.807, 2.05) is 6.92 Å². The van der Waals surface area contributed by atoms with Gasteiger partial charge in [-0.1, -0.05) is 13.3 Å². The number of nitrogens with zero attached hydrogens (tertiary/aromatic N) is 2. The molecule has 2 fully saturated rings. The molecule has 0 aromatic rings. The molecule has 0 aromatic heterocycles. The molecule has 6 heteroatoms. The Kier molecular flexibility index (Phi) is 6.05. The van der Waals surface area contributed by atoms with Gasteiger partial charge in [-0.15, -0.1) is 0 Å². The zero-order valence-electron chi connectivity index (χ0n) is 13.7. The molecule has 124 valence electrons. The highest BCUT2D eigenvalue weighted by Gasteiger charge is 2.37. The molecule has 0 spiro atoms. The van der Waals surface area contributed by atoms with Crippen LogP contribution in [0.1, 0.15) is 52.9 Å². The van der Waals surface area contributed by atoms with Gasteiger partial charge < -0.3 is 5.32 Å². The topological polar surface area (TPSA) is 52.7 Å². The Morgan fingerprint density at radius 1 is 1.14 bits per heavy atom. The molecule has 1 N–H and O–H groups in total. The molecule has 21 heavy (non-hydrogen) atoms. The van der Waals surface area contributed by atoms with E-state index in [1.54, 1.807) is 8.61 Å². The van der Waals surface area contributed by atoms with Crippen molar-refractivity contribution in [2.24, 2.45) is 5.92 Å². The maximum Gasteiger partial charge on any atom is 0.282 e. The van der Waals surface area contributed by atoms with Crippen LogP contribution >= 0.6 is 0 Å². The third-order valence-corrected chi connectivity index (χ3v) is 7.25. The zero-order chi connectivity index (χ0) is 15.5. The second-order valence-corrected chi connectivity index (χ2v) is 8.43. The molecule has 0 saturated carbocycles. The molecule has 5 nitrogen and oxygen atoms in total. The van der Waals surface area contributed by atoms with Crippen molar-refractivity contribution in [1.82, 2.24) is 13.9 Å². The highest BCUT2D eigenvalue weighted by molar-refractivity contribution is 7.86. The lowest BCUT2D eigenvalue weighted by molar-refractivity contribution is 0.202. The normalized spacial score (nSPS) is 28.6. The van der Waals surface area contributed by atoms with E-state index in [1.165, 1.54) is 0 Å². The molecular formula is C15H31N3O2S. The van der Waals surface area contributed by atoms with Gasteiger partial charge in [0.15, 0.2) is 0 Å². The lowest BCUT2D eigenvalue weighted by Crippen LogP contribution is -2.52. The van der Waals surface area contributed by atoms with Crippen LogP contribution in [0, 0.1) is 5.92 Å². The van der Waals surface area contributed by atoms with Crippen molar-refractivity contribution in [1.29, 1.82) is 0 Å². The summed E-state index contributed by atoms with van der Waals surface area (Å²) in [6, 6.07) is 0.635. The van der Waals surface area contributed by atoms with Crippen molar-refractivity contribution in [2.45, 2.75) is 65.0 Å². The molecule has 2 unspecified atom stereocenters. The van der Waals surface area contributed by atoms with Gasteiger partial charge in [-0.05, 0) is 52.0 Å². The smallest absolute Gasteiger partial charge is 0.282 e. The molecule has 0 aliphatic carbocycles. The average Bonchev–Trinajstić information content (AvgIpc) is 2.48. The van der Waals surface area contributed by atoms with E-state index in [-0.39, 0.29) is 6.04 Å². The quantitative estimate of drug-likeness (QED) is 0.841. The first-order valence-corrected chi connectivity index (χ1v) is 9.86. The first kappa shape index (κ1) is 17.2. The number of hydrogen-bond acceptors (Lipinski definition) is 3.